The van der Waals surface area contributed by atoms with E-state index in [4.69, 9.17) is 0 Å². The second-order valence-electron chi connectivity index (χ2n) is 4.54. The Morgan fingerprint density at radius 3 is 2.76 bits per heavy atom. The minimum Gasteiger partial charge on any atom is -0.480 e. The maximum absolute atomic E-state index is 11.5. The third kappa shape index (κ3) is 2.69. The number of nitrogens with one attached hydrogen (secondary N) is 1. The summed E-state index contributed by atoms with van der Waals surface area (Å²) in [5.41, 5.74) is 0.256. The number of benzene rings is 1. The van der Waals surface area contributed by atoms with Gasteiger partial charge in [0.25, 0.3) is 0 Å². The number of aliphatic carboxylic acids is 1. The highest BCUT2D eigenvalue weighted by Gasteiger charge is 2.39. The molecule has 3 nitrogen and oxygen atoms in total. The number of hydrogen-bond donors (Lipinski definition) is 2. The van der Waals surface area contributed by atoms with Gasteiger partial charge in [-0.2, -0.15) is 0 Å². The molecule has 1 heterocycles. The molecule has 0 aliphatic carbocycles. The highest BCUT2D eigenvalue weighted by Crippen LogP contribution is 2.27. The Kier molecular flexibility index (Phi) is 3.84. The van der Waals surface area contributed by atoms with Crippen molar-refractivity contribution in [3.63, 3.8) is 0 Å². The monoisotopic (exact) mass is 297 g/mol. The van der Waals surface area contributed by atoms with Crippen molar-refractivity contribution in [1.82, 2.24) is 5.32 Å². The quantitative estimate of drug-likeness (QED) is 0.902. The van der Waals surface area contributed by atoms with Crippen LogP contribution >= 0.6 is 15.9 Å². The van der Waals surface area contributed by atoms with Gasteiger partial charge in [0, 0.05) is 10.9 Å². The smallest absolute Gasteiger partial charge is 0.324 e. The largest absolute Gasteiger partial charge is 0.480 e. The van der Waals surface area contributed by atoms with Crippen molar-refractivity contribution >= 4 is 21.9 Å². The molecule has 2 rings (SSSR count). The molecule has 0 amide bonds. The molecule has 1 aliphatic rings. The molecule has 0 spiro atoms. The van der Waals surface area contributed by atoms with E-state index in [9.17, 15) is 9.90 Å². The summed E-state index contributed by atoms with van der Waals surface area (Å²) in [5.74, 6) is -0.743. The van der Waals surface area contributed by atoms with E-state index in [0.29, 0.717) is 12.8 Å². The van der Waals surface area contributed by atoms with Crippen molar-refractivity contribution in [1.29, 1.82) is 0 Å². The van der Waals surface area contributed by atoms with Gasteiger partial charge in [-0.05, 0) is 37.4 Å². The molecule has 1 aliphatic heterocycles. The summed E-state index contributed by atoms with van der Waals surface area (Å²) in [6.07, 6.45) is 3.27. The van der Waals surface area contributed by atoms with Gasteiger partial charge in [-0.3, -0.25) is 4.79 Å². The highest BCUT2D eigenvalue weighted by atomic mass is 79.9. The molecule has 92 valence electrons. The minimum atomic E-state index is -0.790. The lowest BCUT2D eigenvalue weighted by Crippen LogP contribution is -2.56. The number of piperidine rings is 1. The van der Waals surface area contributed by atoms with Gasteiger partial charge >= 0.3 is 5.97 Å². The van der Waals surface area contributed by atoms with E-state index in [1.54, 1.807) is 0 Å². The van der Waals surface area contributed by atoms with Gasteiger partial charge < -0.3 is 10.4 Å². The summed E-state index contributed by atoms with van der Waals surface area (Å²) in [7, 11) is 0. The zero-order chi connectivity index (χ0) is 12.3. The molecule has 2 N–H and O–H groups in total. The number of halogens is 1. The molecule has 4 heteroatoms. The van der Waals surface area contributed by atoms with E-state index >= 15 is 0 Å². The molecule has 1 saturated heterocycles. The Labute approximate surface area is 109 Å². The summed E-state index contributed by atoms with van der Waals surface area (Å²) in [6.45, 7) is 0.788. The first-order valence-corrected chi connectivity index (χ1v) is 6.65. The standard InChI is InChI=1S/C13H16BrNO2/c14-11-6-2-1-5-10(11)9-13(12(16)17)7-3-4-8-15-13/h1-2,5-6,15H,3-4,7-9H2,(H,16,17). The lowest BCUT2D eigenvalue weighted by atomic mass is 9.83. The average molecular weight is 298 g/mol. The Balaban J connectivity index is 2.24. The zero-order valence-corrected chi connectivity index (χ0v) is 11.2. The zero-order valence-electron chi connectivity index (χ0n) is 9.58. The van der Waals surface area contributed by atoms with Crippen LogP contribution < -0.4 is 5.32 Å². The van der Waals surface area contributed by atoms with E-state index in [1.165, 1.54) is 0 Å². The maximum atomic E-state index is 11.5. The summed E-state index contributed by atoms with van der Waals surface area (Å²) in [4.78, 5) is 11.5. The molecule has 0 aromatic heterocycles. The molecular formula is C13H16BrNO2. The van der Waals surface area contributed by atoms with Crippen LogP contribution in [0.3, 0.4) is 0 Å². The lowest BCUT2D eigenvalue weighted by Gasteiger charge is -2.34. The fourth-order valence-corrected chi connectivity index (χ4v) is 2.77. The third-order valence-corrected chi connectivity index (χ3v) is 4.13. The van der Waals surface area contributed by atoms with Gasteiger partial charge in [0.2, 0.25) is 0 Å². The van der Waals surface area contributed by atoms with Gasteiger partial charge in [0.1, 0.15) is 5.54 Å². The summed E-state index contributed by atoms with van der Waals surface area (Å²) >= 11 is 3.48. The Morgan fingerprint density at radius 1 is 1.41 bits per heavy atom. The van der Waals surface area contributed by atoms with Gasteiger partial charge in [0.15, 0.2) is 0 Å². The first-order chi connectivity index (χ1) is 8.14. The van der Waals surface area contributed by atoms with Crippen molar-refractivity contribution in [3.05, 3.63) is 34.3 Å². The van der Waals surface area contributed by atoms with Crippen LogP contribution in [0.4, 0.5) is 0 Å². The van der Waals surface area contributed by atoms with Crippen LogP contribution in [0, 0.1) is 0 Å². The van der Waals surface area contributed by atoms with Crippen molar-refractivity contribution in [2.75, 3.05) is 6.54 Å². The third-order valence-electron chi connectivity index (χ3n) is 3.35. The van der Waals surface area contributed by atoms with Gasteiger partial charge in [-0.15, -0.1) is 0 Å². The molecule has 1 unspecified atom stereocenters. The maximum Gasteiger partial charge on any atom is 0.324 e. The second kappa shape index (κ2) is 5.19. The van der Waals surface area contributed by atoms with Crippen LogP contribution in [0.5, 0.6) is 0 Å². The van der Waals surface area contributed by atoms with Crippen molar-refractivity contribution in [3.8, 4) is 0 Å². The van der Waals surface area contributed by atoms with Crippen LogP contribution in [-0.4, -0.2) is 23.2 Å². The van der Waals surface area contributed by atoms with Crippen molar-refractivity contribution in [2.24, 2.45) is 0 Å². The Bertz CT molecular complexity index is 414. The van der Waals surface area contributed by atoms with E-state index in [-0.39, 0.29) is 0 Å². The molecule has 0 radical (unpaired) electrons. The number of carboxylic acid groups (broad SMARTS) is 1. The first-order valence-electron chi connectivity index (χ1n) is 5.86. The predicted octanol–water partition coefficient (Wildman–Crippen LogP) is 2.59. The number of carbonyl (C=O) groups is 1. The molecule has 17 heavy (non-hydrogen) atoms. The number of rotatable bonds is 3. The van der Waals surface area contributed by atoms with E-state index in [1.807, 2.05) is 24.3 Å². The summed E-state index contributed by atoms with van der Waals surface area (Å²) < 4.78 is 0.980. The van der Waals surface area contributed by atoms with Crippen LogP contribution in [-0.2, 0) is 11.2 Å². The predicted molar refractivity (Wildman–Crippen MR) is 70.1 cm³/mol. The van der Waals surface area contributed by atoms with Crippen LogP contribution in [0.15, 0.2) is 28.7 Å². The van der Waals surface area contributed by atoms with Crippen LogP contribution in [0.1, 0.15) is 24.8 Å². The molecule has 1 fully saturated rings. The Hall–Kier alpha value is -0.870. The SMILES string of the molecule is O=C(O)C1(Cc2ccccc2Br)CCCCN1. The molecule has 0 saturated carbocycles. The van der Waals surface area contributed by atoms with Gasteiger partial charge in [-0.25, -0.2) is 0 Å². The van der Waals surface area contributed by atoms with Gasteiger partial charge in [-0.1, -0.05) is 34.1 Å². The molecule has 1 aromatic carbocycles. The van der Waals surface area contributed by atoms with E-state index in [2.05, 4.69) is 21.2 Å². The highest BCUT2D eigenvalue weighted by molar-refractivity contribution is 9.10. The van der Waals surface area contributed by atoms with E-state index in [0.717, 1.165) is 29.4 Å². The number of carboxylic acids is 1. The van der Waals surface area contributed by atoms with Gasteiger partial charge in [0.05, 0.1) is 0 Å². The number of hydrogen-bond acceptors (Lipinski definition) is 2. The van der Waals surface area contributed by atoms with Crippen molar-refractivity contribution < 1.29 is 9.90 Å². The van der Waals surface area contributed by atoms with Crippen molar-refractivity contribution in [2.45, 2.75) is 31.2 Å². The topological polar surface area (TPSA) is 49.3 Å². The summed E-state index contributed by atoms with van der Waals surface area (Å²) in [5, 5.41) is 12.7. The molecule has 0 bridgehead atoms. The van der Waals surface area contributed by atoms with Crippen LogP contribution in [0.2, 0.25) is 0 Å². The molecular weight excluding hydrogens is 282 g/mol. The average Bonchev–Trinajstić information content (AvgIpc) is 2.33. The fourth-order valence-electron chi connectivity index (χ4n) is 2.34. The molecule has 1 aromatic rings. The van der Waals surface area contributed by atoms with Crippen LogP contribution in [0.25, 0.3) is 0 Å². The molecule has 1 atom stereocenters. The second-order valence-corrected chi connectivity index (χ2v) is 5.39. The summed E-state index contributed by atoms with van der Waals surface area (Å²) in [6, 6.07) is 7.81. The minimum absolute atomic E-state index is 0.532. The fraction of sp³-hybridized carbons (Fsp3) is 0.462. The Morgan fingerprint density at radius 2 is 2.18 bits per heavy atom. The van der Waals surface area contributed by atoms with E-state index < -0.39 is 11.5 Å². The lowest BCUT2D eigenvalue weighted by molar-refractivity contribution is -0.146. The first kappa shape index (κ1) is 12.6. The normalized spacial score (nSPS) is 24.5.